The van der Waals surface area contributed by atoms with Gasteiger partial charge < -0.3 is 19.5 Å². The number of nitrogens with zero attached hydrogens (tertiary/aromatic N) is 1. The van der Waals surface area contributed by atoms with Gasteiger partial charge in [0.1, 0.15) is 19.0 Å². The van der Waals surface area contributed by atoms with Crippen LogP contribution in [-0.4, -0.2) is 40.2 Å². The molecule has 0 fully saturated rings. The molecule has 2 aliphatic heterocycles. The van der Waals surface area contributed by atoms with Crippen LogP contribution in [0, 0.1) is 13.8 Å². The van der Waals surface area contributed by atoms with E-state index in [0.29, 0.717) is 36.1 Å². The van der Waals surface area contributed by atoms with Gasteiger partial charge >= 0.3 is 0 Å². The van der Waals surface area contributed by atoms with Crippen LogP contribution >= 0.6 is 0 Å². The molecule has 0 aromatic heterocycles. The lowest BCUT2D eigenvalue weighted by molar-refractivity contribution is -0.128. The van der Waals surface area contributed by atoms with Gasteiger partial charge in [-0.3, -0.25) is 9.10 Å². The largest absolute Gasteiger partial charge is 0.486 e. The predicted octanol–water partition coefficient (Wildman–Crippen LogP) is 3.91. The summed E-state index contributed by atoms with van der Waals surface area (Å²) in [6.45, 7) is 6.46. The number of carbonyl (C=O) groups excluding carboxylic acids is 1. The van der Waals surface area contributed by atoms with E-state index in [-0.39, 0.29) is 17.5 Å². The average molecular weight is 509 g/mol. The Kier molecular flexibility index (Phi) is 6.26. The number of amides is 1. The number of anilines is 1. The van der Waals surface area contributed by atoms with E-state index in [1.54, 1.807) is 36.4 Å². The lowest BCUT2D eigenvalue weighted by Gasteiger charge is -2.35. The van der Waals surface area contributed by atoms with Gasteiger partial charge in [0.2, 0.25) is 0 Å². The maximum absolute atomic E-state index is 13.6. The van der Waals surface area contributed by atoms with Crippen LogP contribution < -0.4 is 23.8 Å². The third kappa shape index (κ3) is 4.58. The van der Waals surface area contributed by atoms with Crippen molar-refractivity contribution >= 4 is 21.6 Å². The third-order valence-electron chi connectivity index (χ3n) is 6.31. The van der Waals surface area contributed by atoms with Crippen LogP contribution in [0.4, 0.5) is 5.69 Å². The molecule has 8 nitrogen and oxygen atoms in total. The Morgan fingerprint density at radius 2 is 1.61 bits per heavy atom. The number of ether oxygens (including phenoxy) is 3. The third-order valence-corrected chi connectivity index (χ3v) is 8.11. The monoisotopic (exact) mass is 508 g/mol. The van der Waals surface area contributed by atoms with Crippen molar-refractivity contribution in [1.82, 2.24) is 5.32 Å². The fraction of sp³-hybridized carbons (Fsp3) is 0.296. The van der Waals surface area contributed by atoms with Crippen molar-refractivity contribution in [2.24, 2.45) is 0 Å². The molecular weight excluding hydrogens is 480 g/mol. The first kappa shape index (κ1) is 24.0. The van der Waals surface area contributed by atoms with Crippen LogP contribution in [0.3, 0.4) is 0 Å². The van der Waals surface area contributed by atoms with E-state index in [4.69, 9.17) is 14.2 Å². The molecule has 3 aromatic carbocycles. The predicted molar refractivity (Wildman–Crippen MR) is 135 cm³/mol. The van der Waals surface area contributed by atoms with E-state index in [1.807, 2.05) is 45.0 Å². The SMILES string of the molecule is Cc1ccc(S(=O)(=O)N2CC(C(=O)NC(C)c3ccc4c(c3)OCCO4)Oc3cc(C)ccc32)cc1. The number of benzene rings is 3. The Labute approximate surface area is 210 Å². The lowest BCUT2D eigenvalue weighted by atomic mass is 10.1. The second kappa shape index (κ2) is 9.39. The molecule has 2 heterocycles. The quantitative estimate of drug-likeness (QED) is 0.562. The number of hydrogen-bond donors (Lipinski definition) is 1. The second-order valence-electron chi connectivity index (χ2n) is 9.06. The normalized spacial score (nSPS) is 17.5. The molecule has 0 saturated carbocycles. The summed E-state index contributed by atoms with van der Waals surface area (Å²) < 4.78 is 45.7. The number of hydrogen-bond acceptors (Lipinski definition) is 6. The van der Waals surface area contributed by atoms with Gasteiger partial charge in [0.25, 0.3) is 15.9 Å². The molecule has 1 N–H and O–H groups in total. The highest BCUT2D eigenvalue weighted by atomic mass is 32.2. The maximum atomic E-state index is 13.6. The lowest BCUT2D eigenvalue weighted by Crippen LogP contribution is -2.51. The number of fused-ring (bicyclic) bond motifs is 2. The molecule has 2 atom stereocenters. The number of aryl methyl sites for hydroxylation is 2. The molecule has 2 unspecified atom stereocenters. The summed E-state index contributed by atoms with van der Waals surface area (Å²) in [4.78, 5) is 13.5. The smallest absolute Gasteiger partial charge is 0.264 e. The van der Waals surface area contributed by atoms with Crippen LogP contribution in [-0.2, 0) is 14.8 Å². The Hall–Kier alpha value is -3.72. The average Bonchev–Trinajstić information content (AvgIpc) is 2.87. The zero-order chi connectivity index (χ0) is 25.4. The first-order valence-electron chi connectivity index (χ1n) is 11.8. The summed E-state index contributed by atoms with van der Waals surface area (Å²) in [5.41, 5.74) is 3.10. The van der Waals surface area contributed by atoms with E-state index in [1.165, 1.54) is 4.31 Å². The molecule has 0 bridgehead atoms. The molecule has 0 spiro atoms. The molecule has 36 heavy (non-hydrogen) atoms. The van der Waals surface area contributed by atoms with Gasteiger partial charge in [-0.2, -0.15) is 0 Å². The maximum Gasteiger partial charge on any atom is 0.264 e. The van der Waals surface area contributed by atoms with Crippen LogP contribution in [0.2, 0.25) is 0 Å². The standard InChI is InChI=1S/C27H28N2O6S/c1-17-4-8-21(9-5-17)36(31,32)29-16-26(35-24-14-18(2)6-10-22(24)29)27(30)28-19(3)20-7-11-23-25(15-20)34-13-12-33-23/h4-11,14-15,19,26H,12-13,16H2,1-3H3,(H,28,30). The number of sulfonamides is 1. The summed E-state index contributed by atoms with van der Waals surface area (Å²) in [7, 11) is -3.92. The molecule has 0 aliphatic carbocycles. The topological polar surface area (TPSA) is 94.2 Å². The molecule has 3 aromatic rings. The molecule has 5 rings (SSSR count). The summed E-state index contributed by atoms with van der Waals surface area (Å²) in [5.74, 6) is 1.24. The Balaban J connectivity index is 1.41. The minimum Gasteiger partial charge on any atom is -0.486 e. The summed E-state index contributed by atoms with van der Waals surface area (Å²) in [6.07, 6.45) is -1.03. The number of nitrogens with one attached hydrogen (secondary N) is 1. The van der Waals surface area contributed by atoms with Crippen molar-refractivity contribution in [3.63, 3.8) is 0 Å². The molecule has 9 heteroatoms. The van der Waals surface area contributed by atoms with Crippen LogP contribution in [0.25, 0.3) is 0 Å². The van der Waals surface area contributed by atoms with E-state index in [2.05, 4.69) is 5.32 Å². The van der Waals surface area contributed by atoms with Crippen LogP contribution in [0.1, 0.15) is 29.7 Å². The molecule has 188 valence electrons. The first-order valence-corrected chi connectivity index (χ1v) is 13.2. The Morgan fingerprint density at radius 3 is 2.36 bits per heavy atom. The highest BCUT2D eigenvalue weighted by Gasteiger charge is 2.38. The van der Waals surface area contributed by atoms with Crippen molar-refractivity contribution in [2.75, 3.05) is 24.1 Å². The fourth-order valence-electron chi connectivity index (χ4n) is 4.28. The Morgan fingerprint density at radius 1 is 0.917 bits per heavy atom. The number of rotatable bonds is 5. The van der Waals surface area contributed by atoms with Crippen molar-refractivity contribution in [3.8, 4) is 17.2 Å². The Bertz CT molecular complexity index is 1400. The van der Waals surface area contributed by atoms with E-state index in [0.717, 1.165) is 16.7 Å². The first-order chi connectivity index (χ1) is 17.2. The van der Waals surface area contributed by atoms with Gasteiger partial charge in [0, 0.05) is 0 Å². The zero-order valence-electron chi connectivity index (χ0n) is 20.4. The molecule has 0 saturated heterocycles. The van der Waals surface area contributed by atoms with Crippen LogP contribution in [0.15, 0.2) is 65.6 Å². The van der Waals surface area contributed by atoms with E-state index < -0.39 is 22.0 Å². The van der Waals surface area contributed by atoms with Crippen molar-refractivity contribution < 1.29 is 27.4 Å². The van der Waals surface area contributed by atoms with Gasteiger partial charge in [0.05, 0.1) is 23.2 Å². The molecular formula is C27H28N2O6S. The minimum atomic E-state index is -3.92. The van der Waals surface area contributed by atoms with E-state index in [9.17, 15) is 13.2 Å². The van der Waals surface area contributed by atoms with E-state index >= 15 is 0 Å². The highest BCUT2D eigenvalue weighted by molar-refractivity contribution is 7.92. The fourth-order valence-corrected chi connectivity index (χ4v) is 5.76. The summed E-state index contributed by atoms with van der Waals surface area (Å²) >= 11 is 0. The van der Waals surface area contributed by atoms with Gasteiger partial charge in [0.15, 0.2) is 17.6 Å². The van der Waals surface area contributed by atoms with Gasteiger partial charge in [-0.15, -0.1) is 0 Å². The molecule has 2 aliphatic rings. The van der Waals surface area contributed by atoms with Gasteiger partial charge in [-0.25, -0.2) is 8.42 Å². The van der Waals surface area contributed by atoms with Crippen LogP contribution in [0.5, 0.6) is 17.2 Å². The minimum absolute atomic E-state index is 0.147. The van der Waals surface area contributed by atoms with Crippen molar-refractivity contribution in [1.29, 1.82) is 0 Å². The summed E-state index contributed by atoms with van der Waals surface area (Å²) in [5, 5.41) is 2.96. The van der Waals surface area contributed by atoms with Gasteiger partial charge in [-0.1, -0.05) is 29.8 Å². The van der Waals surface area contributed by atoms with Crippen molar-refractivity contribution in [2.45, 2.75) is 37.8 Å². The number of carbonyl (C=O) groups is 1. The molecule has 1 amide bonds. The highest BCUT2D eigenvalue weighted by Crippen LogP contribution is 2.38. The van der Waals surface area contributed by atoms with Crippen molar-refractivity contribution in [3.05, 3.63) is 77.4 Å². The summed E-state index contributed by atoms with van der Waals surface area (Å²) in [6, 6.07) is 17.1. The molecule has 0 radical (unpaired) electrons. The van der Waals surface area contributed by atoms with Gasteiger partial charge in [-0.05, 0) is 68.3 Å². The zero-order valence-corrected chi connectivity index (χ0v) is 21.2. The second-order valence-corrected chi connectivity index (χ2v) is 10.9.